The highest BCUT2D eigenvalue weighted by Gasteiger charge is 2.07. The van der Waals surface area contributed by atoms with Crippen molar-refractivity contribution in [2.75, 3.05) is 23.7 Å². The van der Waals surface area contributed by atoms with Crippen molar-refractivity contribution in [1.82, 2.24) is 0 Å². The molecule has 130 valence electrons. The molecule has 0 amide bonds. The number of hydrogen-bond acceptors (Lipinski definition) is 2. The number of aryl methyl sites for hydroxylation is 4. The van der Waals surface area contributed by atoms with Crippen LogP contribution < -0.4 is 10.6 Å². The summed E-state index contributed by atoms with van der Waals surface area (Å²) in [6, 6.07) is 13.3. The Morgan fingerprint density at radius 2 is 0.833 bits per heavy atom. The van der Waals surface area contributed by atoms with E-state index in [2.05, 4.69) is 74.7 Å². The predicted octanol–water partition coefficient (Wildman–Crippen LogP) is 5.46. The molecule has 0 aromatic heterocycles. The monoisotopic (exact) mass is 324 g/mol. The third kappa shape index (κ3) is 4.31. The minimum atomic E-state index is 0.936. The molecule has 2 aromatic carbocycles. The van der Waals surface area contributed by atoms with Crippen LogP contribution in [-0.2, 0) is 25.7 Å². The van der Waals surface area contributed by atoms with Gasteiger partial charge in [-0.15, -0.1) is 0 Å². The van der Waals surface area contributed by atoms with E-state index in [-0.39, 0.29) is 0 Å². The SMILES string of the molecule is CCc1cccc(CC)c1NCCNc1c(CC)cccc1CC. The summed E-state index contributed by atoms with van der Waals surface area (Å²) < 4.78 is 0. The van der Waals surface area contributed by atoms with E-state index in [1.165, 1.54) is 33.6 Å². The van der Waals surface area contributed by atoms with Crippen LogP contribution in [0.15, 0.2) is 36.4 Å². The Labute approximate surface area is 147 Å². The lowest BCUT2D eigenvalue weighted by atomic mass is 10.0. The lowest BCUT2D eigenvalue weighted by Gasteiger charge is -2.18. The topological polar surface area (TPSA) is 24.1 Å². The van der Waals surface area contributed by atoms with Crippen LogP contribution in [-0.4, -0.2) is 13.1 Å². The minimum Gasteiger partial charge on any atom is -0.383 e. The fourth-order valence-electron chi connectivity index (χ4n) is 3.31. The summed E-state index contributed by atoms with van der Waals surface area (Å²) in [5.41, 5.74) is 8.33. The number of anilines is 2. The van der Waals surface area contributed by atoms with Gasteiger partial charge in [0.15, 0.2) is 0 Å². The Balaban J connectivity index is 2.02. The van der Waals surface area contributed by atoms with Crippen molar-refractivity contribution in [2.45, 2.75) is 53.4 Å². The van der Waals surface area contributed by atoms with E-state index in [1.807, 2.05) is 0 Å². The third-order valence-electron chi connectivity index (χ3n) is 4.73. The lowest BCUT2D eigenvalue weighted by Crippen LogP contribution is -2.17. The first kappa shape index (κ1) is 18.4. The van der Waals surface area contributed by atoms with E-state index in [4.69, 9.17) is 0 Å². The molecule has 2 aromatic rings. The second kappa shape index (κ2) is 9.36. The lowest BCUT2D eigenvalue weighted by molar-refractivity contribution is 1.01. The van der Waals surface area contributed by atoms with E-state index in [9.17, 15) is 0 Å². The molecule has 0 radical (unpaired) electrons. The van der Waals surface area contributed by atoms with Crippen molar-refractivity contribution in [3.63, 3.8) is 0 Å². The van der Waals surface area contributed by atoms with Gasteiger partial charge in [-0.1, -0.05) is 64.1 Å². The zero-order chi connectivity index (χ0) is 17.4. The Morgan fingerprint density at radius 1 is 0.542 bits per heavy atom. The van der Waals surface area contributed by atoms with Crippen LogP contribution in [0.5, 0.6) is 0 Å². The van der Waals surface area contributed by atoms with Crippen molar-refractivity contribution < 1.29 is 0 Å². The highest BCUT2D eigenvalue weighted by Crippen LogP contribution is 2.24. The van der Waals surface area contributed by atoms with Crippen molar-refractivity contribution in [3.05, 3.63) is 58.7 Å². The second-order valence-electron chi connectivity index (χ2n) is 6.17. The van der Waals surface area contributed by atoms with Gasteiger partial charge in [-0.3, -0.25) is 0 Å². The Hall–Kier alpha value is -1.96. The maximum Gasteiger partial charge on any atom is 0.0405 e. The van der Waals surface area contributed by atoms with Crippen molar-refractivity contribution in [2.24, 2.45) is 0 Å². The van der Waals surface area contributed by atoms with E-state index in [0.29, 0.717) is 0 Å². The first-order valence-corrected chi connectivity index (χ1v) is 9.44. The van der Waals surface area contributed by atoms with Gasteiger partial charge in [-0.05, 0) is 47.9 Å². The van der Waals surface area contributed by atoms with Crippen molar-refractivity contribution >= 4 is 11.4 Å². The van der Waals surface area contributed by atoms with Gasteiger partial charge in [0.05, 0.1) is 0 Å². The molecule has 0 aliphatic carbocycles. The summed E-state index contributed by atoms with van der Waals surface area (Å²) in [4.78, 5) is 0. The minimum absolute atomic E-state index is 0.936. The molecule has 0 unspecified atom stereocenters. The molecule has 0 aliphatic rings. The molecular weight excluding hydrogens is 292 g/mol. The fraction of sp³-hybridized carbons (Fsp3) is 0.455. The van der Waals surface area contributed by atoms with Crippen LogP contribution in [0.1, 0.15) is 49.9 Å². The number of para-hydroxylation sites is 2. The van der Waals surface area contributed by atoms with Crippen LogP contribution in [0, 0.1) is 0 Å². The van der Waals surface area contributed by atoms with Crippen molar-refractivity contribution in [1.29, 1.82) is 0 Å². The molecule has 2 nitrogen and oxygen atoms in total. The van der Waals surface area contributed by atoms with Gasteiger partial charge in [-0.25, -0.2) is 0 Å². The number of rotatable bonds is 9. The average molecular weight is 325 g/mol. The second-order valence-corrected chi connectivity index (χ2v) is 6.17. The van der Waals surface area contributed by atoms with Gasteiger partial charge >= 0.3 is 0 Å². The van der Waals surface area contributed by atoms with Crippen LogP contribution >= 0.6 is 0 Å². The molecule has 0 saturated carbocycles. The first-order valence-electron chi connectivity index (χ1n) is 9.44. The molecule has 24 heavy (non-hydrogen) atoms. The van der Waals surface area contributed by atoms with Crippen molar-refractivity contribution in [3.8, 4) is 0 Å². The van der Waals surface area contributed by atoms with Gasteiger partial charge in [-0.2, -0.15) is 0 Å². The normalized spacial score (nSPS) is 10.7. The third-order valence-corrected chi connectivity index (χ3v) is 4.73. The molecule has 0 bridgehead atoms. The molecule has 0 heterocycles. The highest BCUT2D eigenvalue weighted by atomic mass is 15.0. The first-order chi connectivity index (χ1) is 11.7. The fourth-order valence-corrected chi connectivity index (χ4v) is 3.31. The maximum atomic E-state index is 3.67. The van der Waals surface area contributed by atoms with Gasteiger partial charge in [0.2, 0.25) is 0 Å². The molecular formula is C22H32N2. The predicted molar refractivity (Wildman–Crippen MR) is 107 cm³/mol. The molecule has 0 saturated heterocycles. The van der Waals surface area contributed by atoms with Gasteiger partial charge in [0, 0.05) is 24.5 Å². The smallest absolute Gasteiger partial charge is 0.0405 e. The zero-order valence-corrected chi connectivity index (χ0v) is 15.7. The molecule has 0 fully saturated rings. The van der Waals surface area contributed by atoms with Crippen LogP contribution in [0.25, 0.3) is 0 Å². The maximum absolute atomic E-state index is 3.67. The quantitative estimate of drug-likeness (QED) is 0.598. The highest BCUT2D eigenvalue weighted by molar-refractivity contribution is 5.59. The standard InChI is InChI=1S/C22H32N2/c1-5-17-11-9-12-18(6-2)21(17)23-15-16-24-22-19(7-3)13-10-14-20(22)8-4/h9-14,23-24H,5-8,15-16H2,1-4H3. The van der Waals surface area contributed by atoms with Crippen LogP contribution in [0.2, 0.25) is 0 Å². The van der Waals surface area contributed by atoms with E-state index in [0.717, 1.165) is 38.8 Å². The largest absolute Gasteiger partial charge is 0.383 e. The summed E-state index contributed by atoms with van der Waals surface area (Å²) in [5, 5.41) is 7.33. The molecule has 2 rings (SSSR count). The summed E-state index contributed by atoms with van der Waals surface area (Å²) >= 11 is 0. The van der Waals surface area contributed by atoms with Crippen LogP contribution in [0.3, 0.4) is 0 Å². The molecule has 0 aliphatic heterocycles. The van der Waals surface area contributed by atoms with Gasteiger partial charge in [0.25, 0.3) is 0 Å². The molecule has 2 heteroatoms. The number of nitrogens with one attached hydrogen (secondary N) is 2. The van der Waals surface area contributed by atoms with Gasteiger partial charge in [0.1, 0.15) is 0 Å². The average Bonchev–Trinajstić information content (AvgIpc) is 2.64. The molecule has 2 N–H and O–H groups in total. The van der Waals surface area contributed by atoms with E-state index in [1.54, 1.807) is 0 Å². The summed E-state index contributed by atoms with van der Waals surface area (Å²) in [6.45, 7) is 10.8. The Morgan fingerprint density at radius 3 is 1.08 bits per heavy atom. The Bertz CT molecular complexity index is 544. The molecule has 0 spiro atoms. The van der Waals surface area contributed by atoms with Crippen LogP contribution in [0.4, 0.5) is 11.4 Å². The zero-order valence-electron chi connectivity index (χ0n) is 15.7. The Kier molecular flexibility index (Phi) is 7.17. The number of hydrogen-bond donors (Lipinski definition) is 2. The molecule has 0 atom stereocenters. The van der Waals surface area contributed by atoms with E-state index >= 15 is 0 Å². The summed E-state index contributed by atoms with van der Waals surface area (Å²) in [6.07, 6.45) is 4.29. The van der Waals surface area contributed by atoms with E-state index < -0.39 is 0 Å². The van der Waals surface area contributed by atoms with Gasteiger partial charge < -0.3 is 10.6 Å². The number of benzene rings is 2. The summed E-state index contributed by atoms with van der Waals surface area (Å²) in [5.74, 6) is 0. The summed E-state index contributed by atoms with van der Waals surface area (Å²) in [7, 11) is 0.